The zero-order valence-corrected chi connectivity index (χ0v) is 11.1. The molecule has 0 aromatic carbocycles. The summed E-state index contributed by atoms with van der Waals surface area (Å²) in [5.41, 5.74) is 6.32. The molecule has 106 valence electrons. The van der Waals surface area contributed by atoms with E-state index in [1.54, 1.807) is 18.3 Å². The highest BCUT2D eigenvalue weighted by Crippen LogP contribution is 2.15. The highest BCUT2D eigenvalue weighted by molar-refractivity contribution is 5.46. The summed E-state index contributed by atoms with van der Waals surface area (Å²) in [4.78, 5) is 6.44. The molecule has 0 unspecified atom stereocenters. The minimum absolute atomic E-state index is 0. The molecule has 6 heteroatoms. The molecular weight excluding hydrogens is 234 g/mol. The summed E-state index contributed by atoms with van der Waals surface area (Å²) in [6.45, 7) is 8.23. The second-order valence-corrected chi connectivity index (χ2v) is 3.63. The minimum atomic E-state index is 0. The molecule has 0 bridgehead atoms. The Kier molecular flexibility index (Phi) is 11.3. The summed E-state index contributed by atoms with van der Waals surface area (Å²) < 4.78 is 5.51. The third-order valence-electron chi connectivity index (χ3n) is 2.55. The second-order valence-electron chi connectivity index (χ2n) is 3.63. The third-order valence-corrected chi connectivity index (χ3v) is 2.55. The Morgan fingerprint density at radius 3 is 2.50 bits per heavy atom. The molecule has 1 heterocycles. The van der Waals surface area contributed by atoms with Crippen LogP contribution in [-0.2, 0) is 0 Å². The molecule has 0 saturated carbocycles. The van der Waals surface area contributed by atoms with Crippen LogP contribution < -0.4 is 10.5 Å². The van der Waals surface area contributed by atoms with Gasteiger partial charge in [-0.15, -0.1) is 0 Å². The maximum atomic E-state index is 5.72. The molecule has 0 radical (unpaired) electrons. The average Bonchev–Trinajstić information content (AvgIpc) is 2.31. The fourth-order valence-electron chi connectivity index (χ4n) is 1.52. The fourth-order valence-corrected chi connectivity index (χ4v) is 1.52. The van der Waals surface area contributed by atoms with Crippen molar-refractivity contribution in [3.63, 3.8) is 0 Å². The lowest BCUT2D eigenvalue weighted by molar-refractivity contribution is 0.245. The van der Waals surface area contributed by atoms with E-state index in [2.05, 4.69) is 23.7 Å². The van der Waals surface area contributed by atoms with Crippen LogP contribution in [-0.4, -0.2) is 47.1 Å². The van der Waals surface area contributed by atoms with Gasteiger partial charge < -0.3 is 26.3 Å². The molecule has 0 saturated heterocycles. The zero-order valence-electron chi connectivity index (χ0n) is 11.1. The predicted octanol–water partition coefficient (Wildman–Crippen LogP) is 0.125. The molecule has 1 aromatic heterocycles. The number of anilines is 1. The number of rotatable bonds is 7. The van der Waals surface area contributed by atoms with E-state index in [4.69, 9.17) is 10.5 Å². The molecule has 0 aliphatic rings. The summed E-state index contributed by atoms with van der Waals surface area (Å²) in [5, 5.41) is 0. The lowest BCUT2D eigenvalue weighted by Gasteiger charge is -2.17. The Morgan fingerprint density at radius 2 is 1.94 bits per heavy atom. The Morgan fingerprint density at radius 1 is 1.28 bits per heavy atom. The third kappa shape index (κ3) is 6.39. The van der Waals surface area contributed by atoms with Crippen LogP contribution in [0.5, 0.6) is 5.88 Å². The van der Waals surface area contributed by atoms with Gasteiger partial charge in [0.2, 0.25) is 5.88 Å². The molecule has 1 aromatic rings. The van der Waals surface area contributed by atoms with Crippen molar-refractivity contribution in [2.75, 3.05) is 32.0 Å². The molecule has 6 N–H and O–H groups in total. The number of nitrogens with zero attached hydrogens (tertiary/aromatic N) is 2. The molecule has 0 aliphatic carbocycles. The lowest BCUT2D eigenvalue weighted by atomic mass is 10.4. The van der Waals surface area contributed by atoms with E-state index in [1.165, 1.54) is 0 Å². The van der Waals surface area contributed by atoms with Crippen LogP contribution >= 0.6 is 0 Å². The normalized spacial score (nSPS) is 9.50. The molecule has 0 spiro atoms. The topological polar surface area (TPSA) is 114 Å². The highest BCUT2D eigenvalue weighted by atomic mass is 16.5. The molecule has 6 nitrogen and oxygen atoms in total. The highest BCUT2D eigenvalue weighted by Gasteiger charge is 2.01. The monoisotopic (exact) mass is 259 g/mol. The number of pyridine rings is 1. The van der Waals surface area contributed by atoms with E-state index in [-0.39, 0.29) is 11.0 Å². The Labute approximate surface area is 108 Å². The van der Waals surface area contributed by atoms with Gasteiger partial charge in [0.25, 0.3) is 0 Å². The first-order chi connectivity index (χ1) is 7.77. The van der Waals surface area contributed by atoms with Gasteiger partial charge >= 0.3 is 0 Å². The summed E-state index contributed by atoms with van der Waals surface area (Å²) in [6.07, 6.45) is 2.69. The van der Waals surface area contributed by atoms with E-state index in [9.17, 15) is 0 Å². The summed E-state index contributed by atoms with van der Waals surface area (Å²) in [5.74, 6) is 0.544. The molecule has 0 aliphatic heterocycles. The van der Waals surface area contributed by atoms with Gasteiger partial charge in [-0.2, -0.15) is 0 Å². The zero-order chi connectivity index (χ0) is 11.8. The van der Waals surface area contributed by atoms with Gasteiger partial charge in [0.1, 0.15) is 0 Å². The van der Waals surface area contributed by atoms with Crippen LogP contribution in [0.1, 0.15) is 20.3 Å². The van der Waals surface area contributed by atoms with Gasteiger partial charge in [-0.05, 0) is 31.6 Å². The largest absolute Gasteiger partial charge is 0.476 e. The van der Waals surface area contributed by atoms with Gasteiger partial charge in [-0.25, -0.2) is 4.98 Å². The maximum Gasteiger partial charge on any atom is 0.237 e. The summed E-state index contributed by atoms with van der Waals surface area (Å²) in [6, 6.07) is 3.60. The van der Waals surface area contributed by atoms with Crippen LogP contribution in [0.4, 0.5) is 5.69 Å². The Hall–Kier alpha value is -1.37. The number of nitrogen functional groups attached to an aromatic ring is 1. The SMILES string of the molecule is CCN(CC)CCCOc1ncccc1N.O.O. The van der Waals surface area contributed by atoms with E-state index in [1.807, 2.05) is 0 Å². The predicted molar refractivity (Wildman–Crippen MR) is 73.8 cm³/mol. The van der Waals surface area contributed by atoms with Crippen LogP contribution in [0, 0.1) is 0 Å². The second kappa shape index (κ2) is 10.8. The fraction of sp³-hybridized carbons (Fsp3) is 0.583. The average molecular weight is 259 g/mol. The molecular formula is C12H25N3O3. The first kappa shape index (κ1) is 19.0. The van der Waals surface area contributed by atoms with Crippen LogP contribution in [0.15, 0.2) is 18.3 Å². The van der Waals surface area contributed by atoms with Crippen molar-refractivity contribution < 1.29 is 15.7 Å². The number of aromatic nitrogens is 1. The van der Waals surface area contributed by atoms with Crippen molar-refractivity contribution in [2.45, 2.75) is 20.3 Å². The number of ether oxygens (including phenoxy) is 1. The quantitative estimate of drug-likeness (QED) is 0.700. The van der Waals surface area contributed by atoms with E-state index >= 15 is 0 Å². The number of hydrogen-bond acceptors (Lipinski definition) is 4. The number of nitrogens with two attached hydrogens (primary N) is 1. The van der Waals surface area contributed by atoms with Crippen LogP contribution in [0.3, 0.4) is 0 Å². The first-order valence-corrected chi connectivity index (χ1v) is 5.83. The van der Waals surface area contributed by atoms with Gasteiger partial charge in [-0.3, -0.25) is 0 Å². The molecule has 0 atom stereocenters. The smallest absolute Gasteiger partial charge is 0.237 e. The van der Waals surface area contributed by atoms with E-state index < -0.39 is 0 Å². The first-order valence-electron chi connectivity index (χ1n) is 5.83. The summed E-state index contributed by atoms with van der Waals surface area (Å²) >= 11 is 0. The molecule has 0 amide bonds. The van der Waals surface area contributed by atoms with Gasteiger partial charge in [0.05, 0.1) is 12.3 Å². The van der Waals surface area contributed by atoms with Crippen molar-refractivity contribution in [1.82, 2.24) is 9.88 Å². The van der Waals surface area contributed by atoms with Gasteiger partial charge in [0, 0.05) is 12.7 Å². The van der Waals surface area contributed by atoms with Crippen molar-refractivity contribution >= 4 is 5.69 Å². The Bertz CT molecular complexity index is 306. The van der Waals surface area contributed by atoms with Crippen molar-refractivity contribution in [2.24, 2.45) is 0 Å². The Balaban J connectivity index is 0. The number of hydrogen-bond donors (Lipinski definition) is 1. The summed E-state index contributed by atoms with van der Waals surface area (Å²) in [7, 11) is 0. The van der Waals surface area contributed by atoms with Gasteiger partial charge in [-0.1, -0.05) is 13.8 Å². The lowest BCUT2D eigenvalue weighted by Crippen LogP contribution is -2.25. The van der Waals surface area contributed by atoms with Crippen molar-refractivity contribution in [1.29, 1.82) is 0 Å². The molecule has 1 rings (SSSR count). The minimum Gasteiger partial charge on any atom is -0.476 e. The van der Waals surface area contributed by atoms with Crippen LogP contribution in [0.25, 0.3) is 0 Å². The van der Waals surface area contributed by atoms with Crippen LogP contribution in [0.2, 0.25) is 0 Å². The van der Waals surface area contributed by atoms with E-state index in [0.29, 0.717) is 18.2 Å². The molecule has 18 heavy (non-hydrogen) atoms. The van der Waals surface area contributed by atoms with E-state index in [0.717, 1.165) is 26.1 Å². The molecule has 0 fully saturated rings. The standard InChI is InChI=1S/C12H21N3O.2H2O/c1-3-15(4-2)9-6-10-16-12-11(13)7-5-8-14-12;;/h5,7-8H,3-4,6,9-10,13H2,1-2H3;2*1H2. The van der Waals surface area contributed by atoms with Crippen molar-refractivity contribution in [3.05, 3.63) is 18.3 Å². The van der Waals surface area contributed by atoms with Crippen molar-refractivity contribution in [3.8, 4) is 5.88 Å². The maximum absolute atomic E-state index is 5.72. The van der Waals surface area contributed by atoms with Gasteiger partial charge in [0.15, 0.2) is 0 Å².